The molecule has 5 nitrogen and oxygen atoms in total. The number of halogens is 3. The predicted molar refractivity (Wildman–Crippen MR) is 77.5 cm³/mol. The van der Waals surface area contributed by atoms with E-state index in [-0.39, 0.29) is 6.61 Å². The molecule has 0 saturated carbocycles. The Morgan fingerprint density at radius 2 is 2.00 bits per heavy atom. The van der Waals surface area contributed by atoms with Crippen molar-refractivity contribution in [3.63, 3.8) is 0 Å². The molecule has 1 atom stereocenters. The van der Waals surface area contributed by atoms with Gasteiger partial charge in [0.1, 0.15) is 6.61 Å². The summed E-state index contributed by atoms with van der Waals surface area (Å²) in [5.41, 5.74) is 1.36. The number of hydrogen-bond acceptors (Lipinski definition) is 3. The number of nitriles is 1. The molecular weight excluding hydrogens is 311 g/mol. The normalized spacial score (nSPS) is 12.3. The molecule has 0 fully saturated rings. The minimum Gasteiger partial charge on any atom is -0.370 e. The fourth-order valence-corrected chi connectivity index (χ4v) is 1.74. The van der Waals surface area contributed by atoms with Gasteiger partial charge in [-0.2, -0.15) is 18.4 Å². The zero-order chi connectivity index (χ0) is 17.5. The molecule has 0 spiro atoms. The van der Waals surface area contributed by atoms with E-state index in [0.29, 0.717) is 12.1 Å². The van der Waals surface area contributed by atoms with Gasteiger partial charge in [0.15, 0.2) is 0 Å². The van der Waals surface area contributed by atoms with Gasteiger partial charge in [-0.25, -0.2) is 4.79 Å². The van der Waals surface area contributed by atoms with Crippen LogP contribution in [0.3, 0.4) is 0 Å². The van der Waals surface area contributed by atoms with E-state index in [1.54, 1.807) is 38.2 Å². The molecule has 0 saturated heterocycles. The Morgan fingerprint density at radius 3 is 2.52 bits per heavy atom. The van der Waals surface area contributed by atoms with Crippen LogP contribution in [0.15, 0.2) is 24.3 Å². The number of carbonyl (C=O) groups is 1. The van der Waals surface area contributed by atoms with Gasteiger partial charge in [0.05, 0.1) is 24.3 Å². The van der Waals surface area contributed by atoms with Crippen LogP contribution in [0.2, 0.25) is 0 Å². The Morgan fingerprint density at radius 1 is 1.39 bits per heavy atom. The number of carbonyl (C=O) groups excluding carboxylic acids is 1. The Kier molecular flexibility index (Phi) is 6.85. The van der Waals surface area contributed by atoms with E-state index in [0.717, 1.165) is 5.56 Å². The molecule has 1 aromatic carbocycles. The zero-order valence-corrected chi connectivity index (χ0v) is 12.9. The summed E-state index contributed by atoms with van der Waals surface area (Å²) < 4.78 is 40.4. The van der Waals surface area contributed by atoms with E-state index < -0.39 is 24.9 Å². The van der Waals surface area contributed by atoms with Crippen LogP contribution in [0.25, 0.3) is 0 Å². The van der Waals surface area contributed by atoms with Crippen molar-refractivity contribution >= 4 is 6.03 Å². The molecule has 126 valence electrons. The Balaban J connectivity index is 2.39. The quantitative estimate of drug-likeness (QED) is 0.872. The lowest BCUT2D eigenvalue weighted by Crippen LogP contribution is -2.43. The number of urea groups is 1. The maximum atomic E-state index is 12.0. The van der Waals surface area contributed by atoms with Crippen LogP contribution >= 0.6 is 0 Å². The van der Waals surface area contributed by atoms with Gasteiger partial charge in [-0.05, 0) is 24.6 Å². The van der Waals surface area contributed by atoms with Gasteiger partial charge in [0, 0.05) is 13.6 Å². The summed E-state index contributed by atoms with van der Waals surface area (Å²) >= 11 is 0. The Bertz CT molecular complexity index is 553. The molecule has 0 heterocycles. The van der Waals surface area contributed by atoms with Crippen molar-refractivity contribution in [3.05, 3.63) is 35.4 Å². The second-order valence-electron chi connectivity index (χ2n) is 5.15. The molecule has 0 aliphatic rings. The average molecular weight is 329 g/mol. The van der Waals surface area contributed by atoms with Gasteiger partial charge >= 0.3 is 12.2 Å². The first-order valence-corrected chi connectivity index (χ1v) is 6.86. The molecule has 0 aliphatic heterocycles. The van der Waals surface area contributed by atoms with Crippen LogP contribution in [-0.2, 0) is 11.3 Å². The largest absolute Gasteiger partial charge is 0.411 e. The highest BCUT2D eigenvalue weighted by molar-refractivity contribution is 5.74. The number of rotatable bonds is 6. The van der Waals surface area contributed by atoms with E-state index in [9.17, 15) is 18.0 Å². The van der Waals surface area contributed by atoms with Crippen LogP contribution in [0.5, 0.6) is 0 Å². The third-order valence-electron chi connectivity index (χ3n) is 2.85. The number of nitrogens with one attached hydrogen (secondary N) is 1. The van der Waals surface area contributed by atoms with Gasteiger partial charge in [0.2, 0.25) is 0 Å². The lowest BCUT2D eigenvalue weighted by atomic mass is 10.1. The lowest BCUT2D eigenvalue weighted by Gasteiger charge is -2.21. The van der Waals surface area contributed by atoms with Gasteiger partial charge in [-0.3, -0.25) is 0 Å². The number of amides is 2. The van der Waals surface area contributed by atoms with Crippen molar-refractivity contribution in [1.29, 1.82) is 5.26 Å². The predicted octanol–water partition coefficient (Wildman–Crippen LogP) is 2.67. The Hall–Kier alpha value is -2.27. The molecule has 8 heteroatoms. The van der Waals surface area contributed by atoms with E-state index >= 15 is 0 Å². The molecule has 0 bridgehead atoms. The first-order chi connectivity index (χ1) is 10.7. The summed E-state index contributed by atoms with van der Waals surface area (Å²) in [4.78, 5) is 13.3. The third kappa shape index (κ3) is 7.51. The molecule has 23 heavy (non-hydrogen) atoms. The van der Waals surface area contributed by atoms with Crippen LogP contribution in [0, 0.1) is 11.3 Å². The maximum Gasteiger partial charge on any atom is 0.411 e. The van der Waals surface area contributed by atoms with Crippen LogP contribution in [0.1, 0.15) is 18.1 Å². The molecule has 0 unspecified atom stereocenters. The van der Waals surface area contributed by atoms with Gasteiger partial charge < -0.3 is 15.0 Å². The highest BCUT2D eigenvalue weighted by atomic mass is 19.4. The van der Waals surface area contributed by atoms with E-state index in [4.69, 9.17) is 5.26 Å². The minimum atomic E-state index is -4.38. The number of ether oxygens (including phenoxy) is 1. The summed E-state index contributed by atoms with van der Waals surface area (Å²) in [5, 5.41) is 11.3. The SMILES string of the molecule is C[C@H](COCC(F)(F)F)NC(=O)N(C)Cc1ccc(C#N)cc1. The molecule has 0 aromatic heterocycles. The first-order valence-electron chi connectivity index (χ1n) is 6.86. The van der Waals surface area contributed by atoms with Crippen LogP contribution in [0.4, 0.5) is 18.0 Å². The highest BCUT2D eigenvalue weighted by Gasteiger charge is 2.27. The van der Waals surface area contributed by atoms with E-state index in [2.05, 4.69) is 10.1 Å². The standard InChI is InChI=1S/C15H18F3N3O2/c1-11(9-23-10-15(16,17)18)20-14(22)21(2)8-13-5-3-12(7-19)4-6-13/h3-6,11H,8-10H2,1-2H3,(H,20,22)/t11-/m1/s1. The summed E-state index contributed by atoms with van der Waals surface area (Å²) in [6, 6.07) is 7.80. The molecule has 0 radical (unpaired) electrons. The molecule has 1 rings (SSSR count). The smallest absolute Gasteiger partial charge is 0.370 e. The maximum absolute atomic E-state index is 12.0. The lowest BCUT2D eigenvalue weighted by molar-refractivity contribution is -0.174. The van der Waals surface area contributed by atoms with E-state index in [1.165, 1.54) is 4.90 Å². The van der Waals surface area contributed by atoms with E-state index in [1.807, 2.05) is 6.07 Å². The summed E-state index contributed by atoms with van der Waals surface area (Å²) in [7, 11) is 1.57. The number of alkyl halides is 3. The van der Waals surface area contributed by atoms with Gasteiger partial charge in [-0.15, -0.1) is 0 Å². The van der Waals surface area contributed by atoms with Crippen molar-refractivity contribution in [1.82, 2.24) is 10.2 Å². The minimum absolute atomic E-state index is 0.226. The van der Waals surface area contributed by atoms with Crippen molar-refractivity contribution < 1.29 is 22.7 Å². The fraction of sp³-hybridized carbons (Fsp3) is 0.467. The monoisotopic (exact) mass is 329 g/mol. The summed E-state index contributed by atoms with van der Waals surface area (Å²) in [5.74, 6) is 0. The molecule has 1 aromatic rings. The van der Waals surface area contributed by atoms with Crippen molar-refractivity contribution in [2.45, 2.75) is 25.7 Å². The summed E-state index contributed by atoms with van der Waals surface area (Å²) in [6.07, 6.45) is -4.38. The third-order valence-corrected chi connectivity index (χ3v) is 2.85. The number of nitrogens with zero attached hydrogens (tertiary/aromatic N) is 2. The first kappa shape index (κ1) is 18.8. The van der Waals surface area contributed by atoms with Crippen LogP contribution < -0.4 is 5.32 Å². The second kappa shape index (κ2) is 8.39. The van der Waals surface area contributed by atoms with Gasteiger partial charge in [-0.1, -0.05) is 12.1 Å². The van der Waals surface area contributed by atoms with Crippen molar-refractivity contribution in [3.8, 4) is 6.07 Å². The van der Waals surface area contributed by atoms with Crippen molar-refractivity contribution in [2.24, 2.45) is 0 Å². The number of hydrogen-bond donors (Lipinski definition) is 1. The molecule has 0 aliphatic carbocycles. The van der Waals surface area contributed by atoms with Crippen molar-refractivity contribution in [2.75, 3.05) is 20.3 Å². The van der Waals surface area contributed by atoms with Crippen LogP contribution in [-0.4, -0.2) is 43.4 Å². The topological polar surface area (TPSA) is 65.4 Å². The summed E-state index contributed by atoms with van der Waals surface area (Å²) in [6.45, 7) is 0.307. The zero-order valence-electron chi connectivity index (χ0n) is 12.9. The fourth-order valence-electron chi connectivity index (χ4n) is 1.74. The Labute approximate surface area is 132 Å². The second-order valence-corrected chi connectivity index (χ2v) is 5.15. The molecular formula is C15H18F3N3O2. The molecule has 1 N–H and O–H groups in total. The highest BCUT2D eigenvalue weighted by Crippen LogP contribution is 2.14. The van der Waals surface area contributed by atoms with Gasteiger partial charge in [0.25, 0.3) is 0 Å². The average Bonchev–Trinajstić information content (AvgIpc) is 2.46. The molecule has 2 amide bonds. The number of benzene rings is 1.